The van der Waals surface area contributed by atoms with Crippen molar-refractivity contribution in [1.82, 2.24) is 19.9 Å². The number of hydrogen-bond donors (Lipinski definition) is 2. The van der Waals surface area contributed by atoms with Crippen molar-refractivity contribution in [3.05, 3.63) is 72.7 Å². The zero-order chi connectivity index (χ0) is 26.6. The molecule has 1 saturated carbocycles. The first-order chi connectivity index (χ1) is 19.1. The van der Waals surface area contributed by atoms with Gasteiger partial charge in [-0.2, -0.15) is 5.10 Å². The van der Waals surface area contributed by atoms with Crippen molar-refractivity contribution in [2.75, 3.05) is 54.9 Å². The summed E-state index contributed by atoms with van der Waals surface area (Å²) < 4.78 is 1.72. The van der Waals surface area contributed by atoms with Gasteiger partial charge in [-0.3, -0.25) is 4.79 Å². The molecule has 0 unspecified atom stereocenters. The molecule has 2 aromatic heterocycles. The molecule has 4 aromatic rings. The van der Waals surface area contributed by atoms with Crippen LogP contribution in [0.3, 0.4) is 0 Å². The number of carbonyl (C=O) groups excluding carboxylic acids is 1. The SMILES string of the molecule is CN(CC1CCCCC1)c1ccc(-c2cnn3ccc(C(=O)Nc4cccc(N5CCNCC5)c4)nc23)cc1. The van der Waals surface area contributed by atoms with Gasteiger partial charge >= 0.3 is 0 Å². The lowest BCUT2D eigenvalue weighted by atomic mass is 9.89. The van der Waals surface area contributed by atoms with Gasteiger partial charge in [0.1, 0.15) is 5.69 Å². The van der Waals surface area contributed by atoms with Crippen LogP contribution in [0.25, 0.3) is 16.8 Å². The van der Waals surface area contributed by atoms with Crippen molar-refractivity contribution >= 4 is 28.6 Å². The first-order valence-electron chi connectivity index (χ1n) is 14.2. The summed E-state index contributed by atoms with van der Waals surface area (Å²) >= 11 is 0. The molecule has 2 N–H and O–H groups in total. The van der Waals surface area contributed by atoms with E-state index < -0.39 is 0 Å². The summed E-state index contributed by atoms with van der Waals surface area (Å²) in [5.41, 5.74) is 6.07. The second-order valence-corrected chi connectivity index (χ2v) is 10.8. The van der Waals surface area contributed by atoms with E-state index in [1.54, 1.807) is 16.8 Å². The van der Waals surface area contributed by atoms with Crippen LogP contribution in [-0.4, -0.2) is 60.3 Å². The molecule has 1 saturated heterocycles. The van der Waals surface area contributed by atoms with Crippen LogP contribution in [0, 0.1) is 5.92 Å². The number of piperazine rings is 1. The van der Waals surface area contributed by atoms with Gasteiger partial charge in [0.2, 0.25) is 0 Å². The maximum absolute atomic E-state index is 13.2. The van der Waals surface area contributed by atoms with Gasteiger partial charge in [0, 0.05) is 68.6 Å². The lowest BCUT2D eigenvalue weighted by Gasteiger charge is -2.29. The van der Waals surface area contributed by atoms with Crippen LogP contribution in [0.4, 0.5) is 17.1 Å². The summed E-state index contributed by atoms with van der Waals surface area (Å²) in [6, 6.07) is 18.3. The molecule has 2 fully saturated rings. The Morgan fingerprint density at radius 2 is 1.85 bits per heavy atom. The Morgan fingerprint density at radius 1 is 1.05 bits per heavy atom. The fraction of sp³-hybridized carbons (Fsp3) is 0.387. The Labute approximate surface area is 230 Å². The van der Waals surface area contributed by atoms with Gasteiger partial charge in [-0.1, -0.05) is 37.5 Å². The maximum atomic E-state index is 13.2. The van der Waals surface area contributed by atoms with Crippen LogP contribution in [0.15, 0.2) is 67.0 Å². The Hall–Kier alpha value is -3.91. The normalized spacial score (nSPS) is 16.4. The van der Waals surface area contributed by atoms with E-state index in [1.807, 2.05) is 24.4 Å². The minimum Gasteiger partial charge on any atom is -0.374 e. The van der Waals surface area contributed by atoms with Gasteiger partial charge in [-0.05, 0) is 60.7 Å². The topological polar surface area (TPSA) is 77.8 Å². The fourth-order valence-corrected chi connectivity index (χ4v) is 5.86. The second kappa shape index (κ2) is 11.5. The first kappa shape index (κ1) is 25.4. The minimum absolute atomic E-state index is 0.234. The molecule has 2 aromatic carbocycles. The number of nitrogens with one attached hydrogen (secondary N) is 2. The summed E-state index contributed by atoms with van der Waals surface area (Å²) in [6.45, 7) is 4.95. The number of fused-ring (bicyclic) bond motifs is 1. The van der Waals surface area contributed by atoms with E-state index in [0.717, 1.165) is 61.1 Å². The smallest absolute Gasteiger partial charge is 0.274 e. The molecule has 0 atom stereocenters. The van der Waals surface area contributed by atoms with Crippen molar-refractivity contribution in [1.29, 1.82) is 0 Å². The molecule has 0 radical (unpaired) electrons. The average molecular weight is 524 g/mol. The standard InChI is InChI=1S/C31H37N7O/c1-36(22-23-6-3-2-4-7-23)26-12-10-24(11-13-26)28-21-33-38-17-14-29(35-30(28)38)31(39)34-25-8-5-9-27(20-25)37-18-15-32-16-19-37/h5,8-14,17,20-21,23,32H,2-4,6-7,15-16,18-19,22H2,1H3,(H,34,39). The molecule has 1 amide bonds. The van der Waals surface area contributed by atoms with E-state index in [0.29, 0.717) is 11.3 Å². The lowest BCUT2D eigenvalue weighted by molar-refractivity contribution is 0.102. The van der Waals surface area contributed by atoms with Gasteiger partial charge in [-0.15, -0.1) is 0 Å². The molecule has 1 aliphatic heterocycles. The fourth-order valence-electron chi connectivity index (χ4n) is 5.86. The summed E-state index contributed by atoms with van der Waals surface area (Å²) in [4.78, 5) is 22.6. The number of aromatic nitrogens is 3. The Balaban J connectivity index is 1.17. The molecule has 3 heterocycles. The predicted octanol–water partition coefficient (Wildman–Crippen LogP) is 5.07. The molecule has 8 nitrogen and oxygen atoms in total. The average Bonchev–Trinajstić information content (AvgIpc) is 3.42. The summed E-state index contributed by atoms with van der Waals surface area (Å²) in [6.07, 6.45) is 10.4. The van der Waals surface area contributed by atoms with Crippen molar-refractivity contribution < 1.29 is 4.79 Å². The largest absolute Gasteiger partial charge is 0.374 e. The highest BCUT2D eigenvalue weighted by molar-refractivity contribution is 6.03. The summed E-state index contributed by atoms with van der Waals surface area (Å²) in [5, 5.41) is 10.9. The zero-order valence-electron chi connectivity index (χ0n) is 22.6. The third-order valence-electron chi connectivity index (χ3n) is 8.06. The van der Waals surface area contributed by atoms with Gasteiger partial charge in [-0.25, -0.2) is 9.50 Å². The molecular formula is C31H37N7O. The minimum atomic E-state index is -0.234. The van der Waals surface area contributed by atoms with E-state index in [2.05, 4.69) is 62.9 Å². The molecular weight excluding hydrogens is 486 g/mol. The molecule has 202 valence electrons. The van der Waals surface area contributed by atoms with Crippen LogP contribution in [0.5, 0.6) is 0 Å². The number of amides is 1. The highest BCUT2D eigenvalue weighted by Crippen LogP contribution is 2.29. The van der Waals surface area contributed by atoms with Gasteiger partial charge in [0.05, 0.1) is 6.20 Å². The van der Waals surface area contributed by atoms with E-state index in [1.165, 1.54) is 37.8 Å². The third kappa shape index (κ3) is 5.76. The Bertz CT molecular complexity index is 1420. The maximum Gasteiger partial charge on any atom is 0.274 e. The zero-order valence-corrected chi connectivity index (χ0v) is 22.6. The molecule has 2 aliphatic rings. The number of hydrogen-bond acceptors (Lipinski definition) is 6. The van der Waals surface area contributed by atoms with E-state index in [-0.39, 0.29) is 5.91 Å². The number of benzene rings is 2. The second-order valence-electron chi connectivity index (χ2n) is 10.8. The van der Waals surface area contributed by atoms with Crippen LogP contribution in [0.1, 0.15) is 42.6 Å². The summed E-state index contributed by atoms with van der Waals surface area (Å²) in [5.74, 6) is 0.558. The van der Waals surface area contributed by atoms with E-state index >= 15 is 0 Å². The quantitative estimate of drug-likeness (QED) is 0.352. The van der Waals surface area contributed by atoms with Crippen molar-refractivity contribution in [2.45, 2.75) is 32.1 Å². The third-order valence-corrected chi connectivity index (χ3v) is 8.06. The van der Waals surface area contributed by atoms with Crippen molar-refractivity contribution in [3.8, 4) is 11.1 Å². The monoisotopic (exact) mass is 523 g/mol. The van der Waals surface area contributed by atoms with Crippen LogP contribution in [-0.2, 0) is 0 Å². The molecule has 8 heteroatoms. The lowest BCUT2D eigenvalue weighted by Crippen LogP contribution is -2.43. The van der Waals surface area contributed by atoms with Gasteiger partial charge in [0.15, 0.2) is 5.65 Å². The molecule has 1 aliphatic carbocycles. The number of rotatable bonds is 7. The first-order valence-corrected chi connectivity index (χ1v) is 14.2. The Morgan fingerprint density at radius 3 is 2.64 bits per heavy atom. The molecule has 0 bridgehead atoms. The van der Waals surface area contributed by atoms with Gasteiger partial charge < -0.3 is 20.4 Å². The number of carbonyl (C=O) groups is 1. The highest BCUT2D eigenvalue weighted by Gasteiger charge is 2.17. The van der Waals surface area contributed by atoms with E-state index in [4.69, 9.17) is 4.98 Å². The highest BCUT2D eigenvalue weighted by atomic mass is 16.1. The number of anilines is 3. The van der Waals surface area contributed by atoms with Crippen molar-refractivity contribution in [3.63, 3.8) is 0 Å². The van der Waals surface area contributed by atoms with Crippen molar-refractivity contribution in [2.24, 2.45) is 5.92 Å². The van der Waals surface area contributed by atoms with Crippen LogP contribution < -0.4 is 20.4 Å². The van der Waals surface area contributed by atoms with Gasteiger partial charge in [0.25, 0.3) is 5.91 Å². The van der Waals surface area contributed by atoms with Crippen LogP contribution in [0.2, 0.25) is 0 Å². The number of nitrogens with zero attached hydrogens (tertiary/aromatic N) is 5. The van der Waals surface area contributed by atoms with E-state index in [9.17, 15) is 4.79 Å². The van der Waals surface area contributed by atoms with Crippen LogP contribution >= 0.6 is 0 Å². The molecule has 39 heavy (non-hydrogen) atoms. The Kier molecular flexibility index (Phi) is 7.45. The predicted molar refractivity (Wildman–Crippen MR) is 158 cm³/mol. The molecule has 6 rings (SSSR count). The summed E-state index contributed by atoms with van der Waals surface area (Å²) in [7, 11) is 2.19. The molecule has 0 spiro atoms.